The molecule has 33 heavy (non-hydrogen) atoms. The number of carbonyl (C=O) groups is 1. The molecule has 4 rings (SSSR count). The summed E-state index contributed by atoms with van der Waals surface area (Å²) in [7, 11) is -2.87. The molecule has 0 radical (unpaired) electrons. The molecule has 12 heteroatoms. The fourth-order valence-corrected chi connectivity index (χ4v) is 7.58. The number of amidine groups is 1. The topological polar surface area (TPSA) is 146 Å². The number of nitrogens with zero attached hydrogens (tertiary/aromatic N) is 5. The number of rotatable bonds is 3. The van der Waals surface area contributed by atoms with Crippen molar-refractivity contribution < 1.29 is 13.4 Å². The predicted octanol–water partition coefficient (Wildman–Crippen LogP) is 3.00. The highest BCUT2D eigenvalue weighted by Crippen LogP contribution is 2.47. The number of hydrogen-bond acceptors (Lipinski definition) is 8. The van der Waals surface area contributed by atoms with Crippen LogP contribution in [0.3, 0.4) is 0 Å². The van der Waals surface area contributed by atoms with E-state index in [1.54, 1.807) is 20.8 Å². The Hall–Kier alpha value is -3.10. The number of anilines is 1. The van der Waals surface area contributed by atoms with Gasteiger partial charge in [0.15, 0.2) is 0 Å². The third-order valence-electron chi connectivity index (χ3n) is 6.14. The molecular formula is C21H21ClFN7O2S. The Morgan fingerprint density at radius 3 is 2.79 bits per heavy atom. The summed E-state index contributed by atoms with van der Waals surface area (Å²) < 4.78 is 32.3. The Morgan fingerprint density at radius 1 is 1.39 bits per heavy atom. The average Bonchev–Trinajstić information content (AvgIpc) is 3.18. The van der Waals surface area contributed by atoms with Crippen LogP contribution in [0.2, 0.25) is 5.02 Å². The zero-order valence-corrected chi connectivity index (χ0v) is 19.7. The molecule has 3 atom stereocenters. The summed E-state index contributed by atoms with van der Waals surface area (Å²) >= 11 is 6.06. The van der Waals surface area contributed by atoms with Crippen molar-refractivity contribution in [3.63, 3.8) is 0 Å². The van der Waals surface area contributed by atoms with E-state index in [9.17, 15) is 9.00 Å². The minimum atomic E-state index is -2.87. The Balaban J connectivity index is 1.75. The zero-order valence-electron chi connectivity index (χ0n) is 18.1. The standard InChI is InChI=1S/C21H21ClFN7O2S/c1-20(2)19(25)30-21(3,14-6-7-27-33(14,20)32)17-13(23)4-5-15(28-17)29-18(31)16-12(22)8-11(9-24)10-26-16/h4-5,8,10,14H,6-7H2,1-3H3,(H2,25,30)(H,28,29,31)/t14-,21-,33+/m0/s1. The lowest BCUT2D eigenvalue weighted by atomic mass is 9.89. The second-order valence-corrected chi connectivity index (χ2v) is 11.9. The molecule has 172 valence electrons. The lowest BCUT2D eigenvalue weighted by Gasteiger charge is -2.44. The molecule has 3 N–H and O–H groups in total. The smallest absolute Gasteiger partial charge is 0.276 e. The van der Waals surface area contributed by atoms with Crippen LogP contribution in [0.4, 0.5) is 10.2 Å². The Morgan fingerprint density at radius 2 is 2.12 bits per heavy atom. The van der Waals surface area contributed by atoms with Gasteiger partial charge in [0.2, 0.25) is 0 Å². The van der Waals surface area contributed by atoms with Crippen LogP contribution in [-0.2, 0) is 15.3 Å². The Bertz CT molecular complexity index is 1380. The van der Waals surface area contributed by atoms with Crippen LogP contribution >= 0.6 is 11.6 Å². The molecule has 0 fully saturated rings. The lowest BCUT2D eigenvalue weighted by Crippen LogP contribution is -2.58. The van der Waals surface area contributed by atoms with E-state index in [0.29, 0.717) is 13.0 Å². The Labute approximate surface area is 195 Å². The number of aliphatic imine (C=N–C) groups is 1. The van der Waals surface area contributed by atoms with Crippen molar-refractivity contribution in [3.8, 4) is 6.07 Å². The fourth-order valence-electron chi connectivity index (χ4n) is 4.18. The number of nitrogens with one attached hydrogen (secondary N) is 1. The van der Waals surface area contributed by atoms with Crippen LogP contribution in [0.1, 0.15) is 48.9 Å². The first-order valence-electron chi connectivity index (χ1n) is 10.0. The highest BCUT2D eigenvalue weighted by atomic mass is 35.5. The van der Waals surface area contributed by atoms with E-state index in [1.807, 2.05) is 6.07 Å². The molecule has 0 aliphatic carbocycles. The highest BCUT2D eigenvalue weighted by Gasteiger charge is 2.57. The molecule has 0 aromatic carbocycles. The molecule has 2 aliphatic heterocycles. The van der Waals surface area contributed by atoms with Crippen molar-refractivity contribution in [3.05, 3.63) is 52.2 Å². The molecule has 0 spiro atoms. The molecule has 2 aromatic rings. The van der Waals surface area contributed by atoms with Gasteiger partial charge in [0, 0.05) is 12.7 Å². The summed E-state index contributed by atoms with van der Waals surface area (Å²) in [4.78, 5) is 25.5. The number of carbonyl (C=O) groups excluding carboxylic acids is 1. The number of fused-ring (bicyclic) bond motifs is 1. The number of nitrogens with two attached hydrogens (primary N) is 1. The van der Waals surface area contributed by atoms with Crippen LogP contribution in [0.25, 0.3) is 0 Å². The van der Waals surface area contributed by atoms with Gasteiger partial charge in [-0.15, -0.1) is 0 Å². The molecule has 4 heterocycles. The predicted molar refractivity (Wildman–Crippen MR) is 123 cm³/mol. The third-order valence-corrected chi connectivity index (χ3v) is 10.1. The minimum Gasteiger partial charge on any atom is -0.386 e. The van der Waals surface area contributed by atoms with Crippen molar-refractivity contribution in [1.29, 1.82) is 5.26 Å². The monoisotopic (exact) mass is 489 g/mol. The van der Waals surface area contributed by atoms with Gasteiger partial charge in [0.25, 0.3) is 5.91 Å². The molecule has 0 bridgehead atoms. The van der Waals surface area contributed by atoms with Crippen molar-refractivity contribution in [1.82, 2.24) is 9.97 Å². The van der Waals surface area contributed by atoms with E-state index in [0.717, 1.165) is 6.07 Å². The van der Waals surface area contributed by atoms with E-state index >= 15 is 4.39 Å². The minimum absolute atomic E-state index is 0.0139. The normalized spacial score (nSPS) is 27.6. The van der Waals surface area contributed by atoms with E-state index in [4.69, 9.17) is 22.6 Å². The summed E-state index contributed by atoms with van der Waals surface area (Å²) in [6, 6.07) is 5.63. The maximum Gasteiger partial charge on any atom is 0.276 e. The molecule has 0 unspecified atom stereocenters. The van der Waals surface area contributed by atoms with E-state index < -0.39 is 37.0 Å². The third kappa shape index (κ3) is 3.45. The number of pyridine rings is 2. The van der Waals surface area contributed by atoms with Crippen LogP contribution in [0.5, 0.6) is 0 Å². The maximum absolute atomic E-state index is 15.0. The van der Waals surface area contributed by atoms with Gasteiger partial charge in [-0.3, -0.25) is 9.79 Å². The average molecular weight is 490 g/mol. The molecule has 0 saturated carbocycles. The van der Waals surface area contributed by atoms with Crippen molar-refractivity contribution in [2.45, 2.75) is 42.7 Å². The SMILES string of the molecule is CC1(C)C(N)=N[C@](C)(c2nc(NC(=O)c3ncc(C#N)cc3Cl)ccc2F)[C@@H]2CCN=[S@@]21=O. The molecule has 1 amide bonds. The van der Waals surface area contributed by atoms with Crippen molar-refractivity contribution in [2.75, 3.05) is 11.9 Å². The van der Waals surface area contributed by atoms with Crippen LogP contribution in [0, 0.1) is 17.1 Å². The highest BCUT2D eigenvalue weighted by molar-refractivity contribution is 7.96. The first kappa shape index (κ1) is 23.1. The first-order valence-corrected chi connectivity index (χ1v) is 12.0. The van der Waals surface area contributed by atoms with Gasteiger partial charge < -0.3 is 11.1 Å². The van der Waals surface area contributed by atoms with Gasteiger partial charge in [-0.2, -0.15) is 5.26 Å². The van der Waals surface area contributed by atoms with E-state index in [1.165, 1.54) is 18.3 Å². The van der Waals surface area contributed by atoms with Gasteiger partial charge in [-0.25, -0.2) is 22.9 Å². The van der Waals surface area contributed by atoms with Crippen molar-refractivity contribution >= 4 is 38.9 Å². The van der Waals surface area contributed by atoms with Crippen LogP contribution in [0.15, 0.2) is 33.8 Å². The lowest BCUT2D eigenvalue weighted by molar-refractivity contribution is 0.102. The number of halogens is 2. The summed E-state index contributed by atoms with van der Waals surface area (Å²) in [5.41, 5.74) is 4.85. The summed E-state index contributed by atoms with van der Waals surface area (Å²) in [6.07, 6.45) is 1.66. The molecule has 0 saturated heterocycles. The van der Waals surface area contributed by atoms with Gasteiger partial charge in [0.1, 0.15) is 45.2 Å². The van der Waals surface area contributed by atoms with Crippen LogP contribution in [-0.4, -0.2) is 42.5 Å². The van der Waals surface area contributed by atoms with Gasteiger partial charge in [-0.05, 0) is 45.4 Å². The molecule has 2 aliphatic rings. The summed E-state index contributed by atoms with van der Waals surface area (Å²) in [5, 5.41) is 10.8. The second-order valence-electron chi connectivity index (χ2n) is 8.50. The van der Waals surface area contributed by atoms with Gasteiger partial charge in [-0.1, -0.05) is 11.6 Å². The summed E-state index contributed by atoms with van der Waals surface area (Å²) in [5.74, 6) is -1.22. The van der Waals surface area contributed by atoms with Crippen LogP contribution < -0.4 is 11.1 Å². The number of hydrogen-bond donors (Lipinski definition) is 2. The van der Waals surface area contributed by atoms with E-state index in [-0.39, 0.29) is 33.6 Å². The number of amides is 1. The molecular weight excluding hydrogens is 469 g/mol. The molecule has 9 nitrogen and oxygen atoms in total. The second kappa shape index (κ2) is 7.74. The first-order chi connectivity index (χ1) is 15.4. The Kier molecular flexibility index (Phi) is 5.41. The van der Waals surface area contributed by atoms with E-state index in [2.05, 4.69) is 24.6 Å². The zero-order chi connectivity index (χ0) is 24.2. The fraction of sp³-hybridized carbons (Fsp3) is 0.381. The largest absolute Gasteiger partial charge is 0.386 e. The van der Waals surface area contributed by atoms with Crippen molar-refractivity contribution in [2.24, 2.45) is 15.1 Å². The quantitative estimate of drug-likeness (QED) is 0.677. The molecule has 2 aromatic heterocycles. The van der Waals surface area contributed by atoms with Gasteiger partial charge >= 0.3 is 0 Å². The number of nitriles is 1. The summed E-state index contributed by atoms with van der Waals surface area (Å²) in [6.45, 7) is 5.44. The number of aromatic nitrogens is 2. The maximum atomic E-state index is 15.0. The van der Waals surface area contributed by atoms with Gasteiger partial charge in [0.05, 0.1) is 25.6 Å².